The van der Waals surface area contributed by atoms with Crippen molar-refractivity contribution in [2.24, 2.45) is 0 Å². The Labute approximate surface area is 129 Å². The Bertz CT molecular complexity index is 867. The fourth-order valence-electron chi connectivity index (χ4n) is 2.02. The van der Waals surface area contributed by atoms with Crippen molar-refractivity contribution in [1.29, 1.82) is 0 Å². The molecule has 6 heteroatoms. The van der Waals surface area contributed by atoms with E-state index in [-0.39, 0.29) is 16.5 Å². The van der Waals surface area contributed by atoms with E-state index < -0.39 is 0 Å². The zero-order chi connectivity index (χ0) is 14.8. The molecule has 2 N–H and O–H groups in total. The van der Waals surface area contributed by atoms with Crippen LogP contribution in [0.4, 0.5) is 5.69 Å². The van der Waals surface area contributed by atoms with Crippen LogP contribution in [0.25, 0.3) is 10.2 Å². The molecule has 106 valence electrons. The maximum absolute atomic E-state index is 12.2. The molecule has 0 atom stereocenters. The number of carbonyl (C=O) groups excluding carboxylic acids is 1. The van der Waals surface area contributed by atoms with Crippen molar-refractivity contribution < 1.29 is 4.79 Å². The van der Waals surface area contributed by atoms with Gasteiger partial charge in [0.1, 0.15) is 0 Å². The number of aromatic nitrogens is 1. The van der Waals surface area contributed by atoms with Crippen molar-refractivity contribution in [2.45, 2.75) is 11.4 Å². The average Bonchev–Trinajstić information content (AvgIpc) is 2.78. The molecule has 1 heterocycles. The number of anilines is 1. The highest BCUT2D eigenvalue weighted by molar-refractivity contribution is 8.13. The summed E-state index contributed by atoms with van der Waals surface area (Å²) in [7, 11) is 0. The Hall–Kier alpha value is -2.05. The second-order valence-electron chi connectivity index (χ2n) is 4.43. The maximum Gasteiger partial charge on any atom is 0.308 e. The number of rotatable bonds is 3. The van der Waals surface area contributed by atoms with E-state index in [2.05, 4.69) is 0 Å². The third-order valence-corrected chi connectivity index (χ3v) is 4.91. The zero-order valence-corrected chi connectivity index (χ0v) is 12.6. The third kappa shape index (κ3) is 2.86. The topological polar surface area (TPSA) is 65.1 Å². The number of hydrogen-bond acceptors (Lipinski definition) is 5. The monoisotopic (exact) mass is 316 g/mol. The molecule has 0 radical (unpaired) electrons. The Balaban J connectivity index is 1.86. The first-order valence-corrected chi connectivity index (χ1v) is 7.92. The van der Waals surface area contributed by atoms with Crippen LogP contribution in [0.3, 0.4) is 0 Å². The van der Waals surface area contributed by atoms with Gasteiger partial charge in [0.2, 0.25) is 5.12 Å². The first-order valence-electron chi connectivity index (χ1n) is 6.29. The van der Waals surface area contributed by atoms with Crippen LogP contribution in [0.15, 0.2) is 58.2 Å². The molecule has 0 aliphatic heterocycles. The molecule has 0 unspecified atom stereocenters. The molecule has 0 fully saturated rings. The molecule has 3 rings (SSSR count). The molecule has 0 aliphatic rings. The second kappa shape index (κ2) is 5.75. The zero-order valence-electron chi connectivity index (χ0n) is 11.0. The van der Waals surface area contributed by atoms with Gasteiger partial charge in [-0.15, -0.1) is 0 Å². The number of nitrogen functional groups attached to an aromatic ring is 1. The average molecular weight is 316 g/mol. The van der Waals surface area contributed by atoms with Gasteiger partial charge in [-0.3, -0.25) is 14.2 Å². The molecule has 0 bridgehead atoms. The van der Waals surface area contributed by atoms with Gasteiger partial charge in [0.05, 0.1) is 16.8 Å². The van der Waals surface area contributed by atoms with Gasteiger partial charge in [-0.05, 0) is 36.0 Å². The van der Waals surface area contributed by atoms with Gasteiger partial charge >= 0.3 is 4.87 Å². The van der Waals surface area contributed by atoms with Crippen LogP contribution < -0.4 is 10.6 Å². The molecule has 21 heavy (non-hydrogen) atoms. The highest BCUT2D eigenvalue weighted by Gasteiger charge is 2.13. The number of para-hydroxylation sites is 2. The smallest absolute Gasteiger partial charge is 0.308 e. The largest absolute Gasteiger partial charge is 0.398 e. The summed E-state index contributed by atoms with van der Waals surface area (Å²) >= 11 is 2.22. The van der Waals surface area contributed by atoms with Crippen molar-refractivity contribution in [2.75, 3.05) is 5.73 Å². The van der Waals surface area contributed by atoms with E-state index in [4.69, 9.17) is 5.73 Å². The number of hydrogen-bond donors (Lipinski definition) is 1. The second-order valence-corrected chi connectivity index (χ2v) is 6.53. The van der Waals surface area contributed by atoms with Gasteiger partial charge in [-0.1, -0.05) is 35.6 Å². The first-order chi connectivity index (χ1) is 10.1. The molecule has 0 spiro atoms. The van der Waals surface area contributed by atoms with Gasteiger partial charge in [0, 0.05) is 10.6 Å². The molecule has 1 aromatic heterocycles. The lowest BCUT2D eigenvalue weighted by molar-refractivity contribution is -0.111. The van der Waals surface area contributed by atoms with Crippen LogP contribution in [-0.2, 0) is 11.3 Å². The summed E-state index contributed by atoms with van der Waals surface area (Å²) in [6.07, 6.45) is 0. The van der Waals surface area contributed by atoms with Crippen LogP contribution in [0, 0.1) is 0 Å². The fourth-order valence-corrected chi connectivity index (χ4v) is 3.68. The number of nitrogens with two attached hydrogens (primary N) is 1. The minimum Gasteiger partial charge on any atom is -0.398 e. The van der Waals surface area contributed by atoms with Gasteiger partial charge in [-0.2, -0.15) is 0 Å². The molecule has 4 nitrogen and oxygen atoms in total. The predicted molar refractivity (Wildman–Crippen MR) is 87.8 cm³/mol. The standard InChI is InChI=1S/C15H12N2O2S2/c16-10-5-1-3-7-12(10)20-14(18)9-17-11-6-2-4-8-13(11)21-15(17)19/h1-8H,9,16H2. The lowest BCUT2D eigenvalue weighted by Gasteiger charge is -2.05. The van der Waals surface area contributed by atoms with Crippen LogP contribution >= 0.6 is 23.1 Å². The number of thioether (sulfide) groups is 1. The number of benzene rings is 2. The lowest BCUT2D eigenvalue weighted by atomic mass is 10.3. The van der Waals surface area contributed by atoms with Crippen LogP contribution in [-0.4, -0.2) is 9.68 Å². The molecule has 0 saturated heterocycles. The SMILES string of the molecule is Nc1ccccc1SC(=O)Cn1c(=O)sc2ccccc21. The van der Waals surface area contributed by atoms with E-state index in [1.165, 1.54) is 4.57 Å². The normalized spacial score (nSPS) is 10.9. The van der Waals surface area contributed by atoms with E-state index in [9.17, 15) is 9.59 Å². The predicted octanol–water partition coefficient (Wildman–Crippen LogP) is 2.96. The Kier molecular flexibility index (Phi) is 3.81. The quantitative estimate of drug-likeness (QED) is 0.596. The molecular formula is C15H12N2O2S2. The third-order valence-electron chi connectivity index (χ3n) is 3.00. The van der Waals surface area contributed by atoms with Gasteiger partial charge < -0.3 is 5.73 Å². The van der Waals surface area contributed by atoms with E-state index >= 15 is 0 Å². The molecule has 3 aromatic rings. The van der Waals surface area contributed by atoms with Gasteiger partial charge in [0.25, 0.3) is 0 Å². The van der Waals surface area contributed by atoms with Gasteiger partial charge in [0.15, 0.2) is 0 Å². The van der Waals surface area contributed by atoms with Crippen molar-refractivity contribution in [3.05, 3.63) is 58.2 Å². The minimum atomic E-state index is -0.119. The van der Waals surface area contributed by atoms with Crippen molar-refractivity contribution >= 4 is 44.1 Å². The van der Waals surface area contributed by atoms with Crippen molar-refractivity contribution in [1.82, 2.24) is 4.57 Å². The van der Waals surface area contributed by atoms with E-state index in [0.717, 1.165) is 38.2 Å². The summed E-state index contributed by atoms with van der Waals surface area (Å²) < 4.78 is 2.40. The highest BCUT2D eigenvalue weighted by atomic mass is 32.2. The summed E-state index contributed by atoms with van der Waals surface area (Å²) in [6.45, 7) is 0.0435. The minimum absolute atomic E-state index is 0.0435. The summed E-state index contributed by atoms with van der Waals surface area (Å²) in [6, 6.07) is 14.7. The Morgan fingerprint density at radius 3 is 2.67 bits per heavy atom. The number of carbonyl (C=O) groups is 1. The fraction of sp³-hybridized carbons (Fsp3) is 0.0667. The van der Waals surface area contributed by atoms with E-state index in [1.807, 2.05) is 36.4 Å². The number of nitrogens with zero attached hydrogens (tertiary/aromatic N) is 1. The van der Waals surface area contributed by atoms with Crippen LogP contribution in [0.5, 0.6) is 0 Å². The molecule has 0 aliphatic carbocycles. The summed E-state index contributed by atoms with van der Waals surface area (Å²) in [5.41, 5.74) is 7.19. The molecule has 2 aromatic carbocycles. The van der Waals surface area contributed by atoms with E-state index in [1.54, 1.807) is 12.1 Å². The summed E-state index contributed by atoms with van der Waals surface area (Å²) in [4.78, 5) is 24.8. The van der Waals surface area contributed by atoms with Crippen LogP contribution in [0.1, 0.15) is 0 Å². The number of thiazole rings is 1. The lowest BCUT2D eigenvalue weighted by Crippen LogP contribution is -2.17. The highest BCUT2D eigenvalue weighted by Crippen LogP contribution is 2.26. The maximum atomic E-state index is 12.2. The Morgan fingerprint density at radius 1 is 1.14 bits per heavy atom. The molecule has 0 amide bonds. The first kappa shape index (κ1) is 13.9. The van der Waals surface area contributed by atoms with Crippen molar-refractivity contribution in [3.8, 4) is 0 Å². The van der Waals surface area contributed by atoms with Crippen molar-refractivity contribution in [3.63, 3.8) is 0 Å². The van der Waals surface area contributed by atoms with Crippen LogP contribution in [0.2, 0.25) is 0 Å². The van der Waals surface area contributed by atoms with E-state index in [0.29, 0.717) is 5.69 Å². The summed E-state index contributed by atoms with van der Waals surface area (Å²) in [5, 5.41) is -0.112. The Morgan fingerprint density at radius 2 is 1.86 bits per heavy atom. The summed E-state index contributed by atoms with van der Waals surface area (Å²) in [5.74, 6) is 0. The number of fused-ring (bicyclic) bond motifs is 1. The van der Waals surface area contributed by atoms with Gasteiger partial charge in [-0.25, -0.2) is 0 Å². The molecular weight excluding hydrogens is 304 g/mol. The molecule has 0 saturated carbocycles.